The van der Waals surface area contributed by atoms with Crippen LogP contribution in [0, 0.1) is 6.92 Å². The smallest absolute Gasteiger partial charge is 0.335 e. The Kier molecular flexibility index (Phi) is 3.43. The van der Waals surface area contributed by atoms with Gasteiger partial charge in [0.05, 0.1) is 5.69 Å². The van der Waals surface area contributed by atoms with Crippen molar-refractivity contribution in [2.24, 2.45) is 0 Å². The Morgan fingerprint density at radius 1 is 1.35 bits per heavy atom. The summed E-state index contributed by atoms with van der Waals surface area (Å²) in [6.45, 7) is 1.82. The van der Waals surface area contributed by atoms with Crippen LogP contribution in [0.1, 0.15) is 15.9 Å². The van der Waals surface area contributed by atoms with E-state index in [1.165, 1.54) is 7.05 Å². The second-order valence-corrected chi connectivity index (χ2v) is 4.21. The first-order chi connectivity index (χ1) is 9.45. The molecule has 0 unspecified atom stereocenters. The monoisotopic (exact) mass is 275 g/mol. The van der Waals surface area contributed by atoms with Crippen LogP contribution in [0.15, 0.2) is 33.9 Å². The van der Waals surface area contributed by atoms with Gasteiger partial charge in [0, 0.05) is 7.05 Å². The van der Waals surface area contributed by atoms with Crippen LogP contribution < -0.4 is 16.6 Å². The maximum absolute atomic E-state index is 11.9. The molecular formula is C13H13N3O4. The highest BCUT2D eigenvalue weighted by Crippen LogP contribution is 2.16. The second-order valence-electron chi connectivity index (χ2n) is 4.21. The van der Waals surface area contributed by atoms with E-state index in [9.17, 15) is 19.5 Å². The first-order valence-electron chi connectivity index (χ1n) is 5.83. The summed E-state index contributed by atoms with van der Waals surface area (Å²) < 4.78 is 0.874. The van der Waals surface area contributed by atoms with Gasteiger partial charge in [-0.05, 0) is 24.6 Å². The highest BCUT2D eigenvalue weighted by Gasteiger charge is 2.20. The topological polar surface area (TPSA) is 104 Å². The summed E-state index contributed by atoms with van der Waals surface area (Å²) in [6, 6.07) is 6.74. The largest absolute Gasteiger partial charge is 0.493 e. The Hall–Kier alpha value is -2.83. The van der Waals surface area contributed by atoms with Crippen LogP contribution in [0.5, 0.6) is 5.88 Å². The molecule has 0 fully saturated rings. The highest BCUT2D eigenvalue weighted by atomic mass is 16.3. The molecule has 1 aromatic heterocycles. The van der Waals surface area contributed by atoms with Gasteiger partial charge in [0.1, 0.15) is 0 Å². The van der Waals surface area contributed by atoms with Crippen molar-refractivity contribution in [2.45, 2.75) is 6.92 Å². The maximum Gasteiger partial charge on any atom is 0.335 e. The predicted octanol–water partition coefficient (Wildman–Crippen LogP) is -0.101. The minimum atomic E-state index is -0.934. The molecule has 0 saturated heterocycles. The van der Waals surface area contributed by atoms with Crippen LogP contribution in [0.25, 0.3) is 5.69 Å². The normalized spacial score (nSPS) is 10.3. The number of H-pyrrole nitrogens is 1. The minimum Gasteiger partial charge on any atom is -0.493 e. The third kappa shape index (κ3) is 2.20. The van der Waals surface area contributed by atoms with E-state index in [4.69, 9.17) is 0 Å². The zero-order valence-corrected chi connectivity index (χ0v) is 10.9. The van der Waals surface area contributed by atoms with Crippen LogP contribution in [-0.4, -0.2) is 27.6 Å². The molecule has 0 aliphatic carbocycles. The number of nitrogens with zero attached hydrogens (tertiary/aromatic N) is 1. The molecule has 1 amide bonds. The number of amides is 1. The van der Waals surface area contributed by atoms with Crippen LogP contribution in [0.3, 0.4) is 0 Å². The fraction of sp³-hybridized carbons (Fsp3) is 0.154. The lowest BCUT2D eigenvalue weighted by molar-refractivity contribution is 0.0957. The van der Waals surface area contributed by atoms with E-state index in [-0.39, 0.29) is 0 Å². The standard InChI is InChI=1S/C13H13N3O4/c1-7-4-3-5-8(6-7)16-12(19)9(10(17)14-2)11(18)15-13(16)20/h3-6,19H,1-2H3,(H,14,17)(H,15,18,20). The molecule has 0 aliphatic heterocycles. The van der Waals surface area contributed by atoms with E-state index >= 15 is 0 Å². The SMILES string of the molecule is CNC(=O)c1c(O)n(-c2cccc(C)c2)c(=O)[nH]c1=O. The van der Waals surface area contributed by atoms with Crippen molar-refractivity contribution in [3.63, 3.8) is 0 Å². The quantitative estimate of drug-likeness (QED) is 0.711. The molecule has 7 heteroatoms. The van der Waals surface area contributed by atoms with E-state index in [1.807, 2.05) is 18.0 Å². The summed E-state index contributed by atoms with van der Waals surface area (Å²) in [5, 5.41) is 12.3. The lowest BCUT2D eigenvalue weighted by atomic mass is 10.2. The predicted molar refractivity (Wildman–Crippen MR) is 72.5 cm³/mol. The lowest BCUT2D eigenvalue weighted by Crippen LogP contribution is -2.35. The molecule has 20 heavy (non-hydrogen) atoms. The van der Waals surface area contributed by atoms with Gasteiger partial charge >= 0.3 is 5.69 Å². The Morgan fingerprint density at radius 3 is 2.65 bits per heavy atom. The molecule has 2 rings (SSSR count). The average molecular weight is 275 g/mol. The number of aryl methyl sites for hydroxylation is 1. The van der Waals surface area contributed by atoms with Crippen molar-refractivity contribution < 1.29 is 9.90 Å². The van der Waals surface area contributed by atoms with Crippen molar-refractivity contribution in [3.05, 3.63) is 56.2 Å². The zero-order valence-electron chi connectivity index (χ0n) is 10.9. The molecule has 0 aliphatic rings. The lowest BCUT2D eigenvalue weighted by Gasteiger charge is -2.11. The fourth-order valence-corrected chi connectivity index (χ4v) is 1.86. The van der Waals surface area contributed by atoms with E-state index in [0.29, 0.717) is 5.69 Å². The summed E-state index contributed by atoms with van der Waals surface area (Å²) in [4.78, 5) is 37.1. The van der Waals surface area contributed by atoms with E-state index < -0.39 is 28.6 Å². The minimum absolute atomic E-state index is 0.355. The Bertz CT molecular complexity index is 789. The highest BCUT2D eigenvalue weighted by molar-refractivity contribution is 5.95. The van der Waals surface area contributed by atoms with Gasteiger partial charge in [-0.2, -0.15) is 0 Å². The molecular weight excluding hydrogens is 262 g/mol. The maximum atomic E-state index is 11.9. The Labute approximate surface area is 113 Å². The number of carbonyl (C=O) groups excluding carboxylic acids is 1. The van der Waals surface area contributed by atoms with Crippen molar-refractivity contribution in [3.8, 4) is 11.6 Å². The average Bonchev–Trinajstić information content (AvgIpc) is 2.37. The number of benzene rings is 1. The number of carbonyl (C=O) groups is 1. The molecule has 0 bridgehead atoms. The van der Waals surface area contributed by atoms with Gasteiger partial charge in [-0.25, -0.2) is 9.36 Å². The Balaban J connectivity index is 2.81. The first-order valence-corrected chi connectivity index (χ1v) is 5.83. The number of nitrogens with one attached hydrogen (secondary N) is 2. The second kappa shape index (κ2) is 5.04. The first kappa shape index (κ1) is 13.6. The molecule has 104 valence electrons. The van der Waals surface area contributed by atoms with Gasteiger partial charge in [0.15, 0.2) is 5.56 Å². The molecule has 3 N–H and O–H groups in total. The van der Waals surface area contributed by atoms with Crippen molar-refractivity contribution in [2.75, 3.05) is 7.05 Å². The third-order valence-corrected chi connectivity index (χ3v) is 2.80. The van der Waals surface area contributed by atoms with Gasteiger partial charge < -0.3 is 10.4 Å². The Morgan fingerprint density at radius 2 is 2.05 bits per heavy atom. The van der Waals surface area contributed by atoms with E-state index in [0.717, 1.165) is 10.1 Å². The van der Waals surface area contributed by atoms with Crippen LogP contribution in [0.2, 0.25) is 0 Å². The molecule has 0 saturated carbocycles. The number of aromatic hydroxyl groups is 1. The van der Waals surface area contributed by atoms with Gasteiger partial charge in [0.2, 0.25) is 5.88 Å². The molecule has 0 atom stereocenters. The van der Waals surface area contributed by atoms with Gasteiger partial charge in [0.25, 0.3) is 11.5 Å². The third-order valence-electron chi connectivity index (χ3n) is 2.80. The number of rotatable bonds is 2. The number of hydrogen-bond acceptors (Lipinski definition) is 4. The molecule has 1 aromatic carbocycles. The fourth-order valence-electron chi connectivity index (χ4n) is 1.86. The summed E-state index contributed by atoms with van der Waals surface area (Å²) in [6.07, 6.45) is 0. The van der Waals surface area contributed by atoms with Crippen molar-refractivity contribution in [1.82, 2.24) is 14.9 Å². The zero-order chi connectivity index (χ0) is 14.9. The molecule has 0 spiro atoms. The summed E-state index contributed by atoms with van der Waals surface area (Å²) >= 11 is 0. The number of aromatic amines is 1. The van der Waals surface area contributed by atoms with Gasteiger partial charge in [-0.3, -0.25) is 14.6 Å². The number of aromatic nitrogens is 2. The van der Waals surface area contributed by atoms with Crippen LogP contribution in [-0.2, 0) is 0 Å². The van der Waals surface area contributed by atoms with Crippen molar-refractivity contribution in [1.29, 1.82) is 0 Å². The molecule has 0 radical (unpaired) electrons. The van der Waals surface area contributed by atoms with Crippen molar-refractivity contribution >= 4 is 5.91 Å². The summed E-state index contributed by atoms with van der Waals surface area (Å²) in [5.74, 6) is -1.46. The van der Waals surface area contributed by atoms with Gasteiger partial charge in [-0.1, -0.05) is 12.1 Å². The van der Waals surface area contributed by atoms with Gasteiger partial charge in [-0.15, -0.1) is 0 Å². The van der Waals surface area contributed by atoms with Crippen LogP contribution >= 0.6 is 0 Å². The summed E-state index contributed by atoms with van der Waals surface area (Å²) in [5.41, 5.74) is -1.04. The molecule has 7 nitrogen and oxygen atoms in total. The molecule has 1 heterocycles. The van der Waals surface area contributed by atoms with E-state index in [2.05, 4.69) is 5.32 Å². The van der Waals surface area contributed by atoms with Crippen LogP contribution in [0.4, 0.5) is 0 Å². The summed E-state index contributed by atoms with van der Waals surface area (Å²) in [7, 11) is 1.32. The van der Waals surface area contributed by atoms with E-state index in [1.54, 1.807) is 18.2 Å². The molecule has 2 aromatic rings. The number of hydrogen-bond donors (Lipinski definition) is 3.